The van der Waals surface area contributed by atoms with E-state index < -0.39 is 5.60 Å². The molecule has 12 nitrogen and oxygen atoms in total. The first kappa shape index (κ1) is 30.9. The van der Waals surface area contributed by atoms with Crippen molar-refractivity contribution < 1.29 is 14.7 Å². The smallest absolute Gasteiger partial charge is 0.282 e. The zero-order valence-corrected chi connectivity index (χ0v) is 27.1. The number of piperidine rings is 2. The summed E-state index contributed by atoms with van der Waals surface area (Å²) >= 11 is 1.34. The quantitative estimate of drug-likeness (QED) is 0.295. The van der Waals surface area contributed by atoms with Gasteiger partial charge in [-0.05, 0) is 37.8 Å². The molecule has 5 aromatic rings. The van der Waals surface area contributed by atoms with Crippen LogP contribution in [0.3, 0.4) is 0 Å². The Bertz CT molecular complexity index is 1980. The van der Waals surface area contributed by atoms with E-state index in [0.717, 1.165) is 21.7 Å². The Balaban J connectivity index is 1.05. The largest absolute Gasteiger partial charge is 0.388 e. The highest BCUT2D eigenvalue weighted by molar-refractivity contribution is 7.17. The fraction of sp³-hybridized carbons (Fsp3) is 0.382. The van der Waals surface area contributed by atoms with Crippen LogP contribution in [0.15, 0.2) is 72.4 Å². The van der Waals surface area contributed by atoms with Gasteiger partial charge in [-0.25, -0.2) is 19.9 Å². The Morgan fingerprint density at radius 1 is 1.04 bits per heavy atom. The molecule has 0 bridgehead atoms. The monoisotopic (exact) mass is 652 g/mol. The number of fused-ring (bicyclic) bond motifs is 1. The molecule has 2 aliphatic rings. The molecule has 2 atom stereocenters. The van der Waals surface area contributed by atoms with Crippen molar-refractivity contribution in [1.29, 1.82) is 0 Å². The van der Waals surface area contributed by atoms with Crippen molar-refractivity contribution in [3.8, 4) is 10.4 Å². The molecule has 6 heterocycles. The van der Waals surface area contributed by atoms with Crippen molar-refractivity contribution in [1.82, 2.24) is 38.9 Å². The summed E-state index contributed by atoms with van der Waals surface area (Å²) in [5.41, 5.74) is 1.88. The van der Waals surface area contributed by atoms with E-state index in [1.165, 1.54) is 28.6 Å². The number of amides is 2. The molecule has 2 amide bonds. The number of hydrogen-bond donors (Lipinski definition) is 1. The first-order valence-electron chi connectivity index (χ1n) is 15.8. The molecular formula is C34H36N8O4S. The molecule has 0 unspecified atom stereocenters. The molecule has 1 N–H and O–H groups in total. The van der Waals surface area contributed by atoms with Gasteiger partial charge >= 0.3 is 0 Å². The fourth-order valence-corrected chi connectivity index (χ4v) is 7.93. The van der Waals surface area contributed by atoms with Crippen molar-refractivity contribution >= 4 is 34.2 Å². The van der Waals surface area contributed by atoms with Gasteiger partial charge in [0.25, 0.3) is 11.5 Å². The van der Waals surface area contributed by atoms with Gasteiger partial charge in [-0.1, -0.05) is 30.3 Å². The summed E-state index contributed by atoms with van der Waals surface area (Å²) in [5.74, 6) is -0.606. The van der Waals surface area contributed by atoms with Crippen LogP contribution < -0.4 is 5.56 Å². The van der Waals surface area contributed by atoms with E-state index in [1.54, 1.807) is 29.2 Å². The summed E-state index contributed by atoms with van der Waals surface area (Å²) in [7, 11) is 1.84. The van der Waals surface area contributed by atoms with E-state index in [1.807, 2.05) is 54.1 Å². The number of aromatic nitrogens is 6. The van der Waals surface area contributed by atoms with Crippen LogP contribution in [-0.4, -0.2) is 87.6 Å². The van der Waals surface area contributed by atoms with E-state index in [9.17, 15) is 19.5 Å². The van der Waals surface area contributed by atoms with Crippen LogP contribution in [0.1, 0.15) is 46.2 Å². The summed E-state index contributed by atoms with van der Waals surface area (Å²) in [6.45, 7) is 3.61. The van der Waals surface area contributed by atoms with E-state index >= 15 is 0 Å². The van der Waals surface area contributed by atoms with Crippen LogP contribution >= 0.6 is 11.3 Å². The minimum atomic E-state index is -1.13. The number of aliphatic hydroxyl groups is 1. The molecule has 0 aliphatic carbocycles. The van der Waals surface area contributed by atoms with Crippen LogP contribution in [0.25, 0.3) is 21.5 Å². The number of benzene rings is 1. The zero-order chi connectivity index (χ0) is 32.7. The van der Waals surface area contributed by atoms with Gasteiger partial charge in [0, 0.05) is 69.2 Å². The van der Waals surface area contributed by atoms with Crippen LogP contribution in [0.2, 0.25) is 0 Å². The first-order valence-corrected chi connectivity index (χ1v) is 16.6. The predicted octanol–water partition coefficient (Wildman–Crippen LogP) is 3.26. The molecule has 242 valence electrons. The third-order valence-corrected chi connectivity index (χ3v) is 10.8. The maximum absolute atomic E-state index is 14.1. The Morgan fingerprint density at radius 2 is 1.79 bits per heavy atom. The van der Waals surface area contributed by atoms with Gasteiger partial charge in [-0.3, -0.25) is 19.0 Å². The number of nitrogens with zero attached hydrogens (tertiary/aromatic N) is 8. The predicted molar refractivity (Wildman–Crippen MR) is 177 cm³/mol. The van der Waals surface area contributed by atoms with Gasteiger partial charge in [0.2, 0.25) is 5.91 Å². The van der Waals surface area contributed by atoms with Crippen molar-refractivity contribution in [2.45, 2.75) is 44.2 Å². The van der Waals surface area contributed by atoms with Crippen molar-refractivity contribution in [2.75, 3.05) is 26.2 Å². The molecular weight excluding hydrogens is 616 g/mol. The van der Waals surface area contributed by atoms with Gasteiger partial charge < -0.3 is 19.5 Å². The van der Waals surface area contributed by atoms with E-state index in [4.69, 9.17) is 0 Å². The number of rotatable bonds is 6. The summed E-state index contributed by atoms with van der Waals surface area (Å²) in [6, 6.07) is 11.6. The fourth-order valence-electron chi connectivity index (χ4n) is 6.92. The number of thiazole rings is 1. The summed E-state index contributed by atoms with van der Waals surface area (Å²) < 4.78 is 3.26. The molecule has 1 aromatic carbocycles. The number of carbonyl (C=O) groups is 2. The third kappa shape index (κ3) is 5.96. The SMILES string of the molecule is Cc1nc(C(=O)N2CC[C@@H](C(=O)N3CCC(O)(Cn4cnc5c(ccn5C)c4=O)CC3)[C@H](c3ccccc3)C2)sc1-c1cncnc1. The van der Waals surface area contributed by atoms with Gasteiger partial charge in [-0.15, -0.1) is 11.3 Å². The van der Waals surface area contributed by atoms with Crippen LogP contribution in [-0.2, 0) is 18.4 Å². The van der Waals surface area contributed by atoms with Crippen molar-refractivity contribution in [3.63, 3.8) is 0 Å². The van der Waals surface area contributed by atoms with Gasteiger partial charge in [-0.2, -0.15) is 0 Å². The minimum Gasteiger partial charge on any atom is -0.388 e. The molecule has 0 radical (unpaired) electrons. The Kier molecular flexibility index (Phi) is 8.18. The second kappa shape index (κ2) is 12.5. The van der Waals surface area contributed by atoms with E-state index in [2.05, 4.69) is 19.9 Å². The molecule has 7 rings (SSSR count). The van der Waals surface area contributed by atoms with Crippen LogP contribution in [0.4, 0.5) is 0 Å². The molecule has 13 heteroatoms. The molecule has 47 heavy (non-hydrogen) atoms. The second-order valence-electron chi connectivity index (χ2n) is 12.6. The topological polar surface area (TPSA) is 139 Å². The molecule has 2 saturated heterocycles. The zero-order valence-electron chi connectivity index (χ0n) is 26.3. The minimum absolute atomic E-state index is 0.0361. The molecule has 2 aliphatic heterocycles. The molecule has 0 spiro atoms. The summed E-state index contributed by atoms with van der Waals surface area (Å²) in [4.78, 5) is 62.7. The highest BCUT2D eigenvalue weighted by Gasteiger charge is 2.42. The van der Waals surface area contributed by atoms with Gasteiger partial charge in [0.1, 0.15) is 18.3 Å². The average Bonchev–Trinajstić information content (AvgIpc) is 3.68. The van der Waals surface area contributed by atoms with Crippen LogP contribution in [0.5, 0.6) is 0 Å². The number of hydrogen-bond acceptors (Lipinski definition) is 9. The maximum Gasteiger partial charge on any atom is 0.282 e. The Labute approximate surface area is 275 Å². The van der Waals surface area contributed by atoms with E-state index in [0.29, 0.717) is 61.5 Å². The first-order chi connectivity index (χ1) is 22.7. The number of aryl methyl sites for hydroxylation is 2. The third-order valence-electron chi connectivity index (χ3n) is 9.57. The summed E-state index contributed by atoms with van der Waals surface area (Å²) in [6.07, 6.45) is 9.41. The standard InChI is InChI=1S/C34H36N8O4S/c1-22-28(24-16-35-20-36-17-24)47-30(38-22)33(45)41-13-9-25(27(18-41)23-6-4-3-5-7-23)31(43)40-14-10-34(46,11-15-40)19-42-21-37-29-26(32(42)44)8-12-39(29)2/h3-8,12,16-17,20-21,25,27,46H,9-11,13-15,18-19H2,1-2H3/t25-,27+/m1/s1. The Hall–Kier alpha value is -4.75. The number of likely N-dealkylation sites (tertiary alicyclic amines) is 2. The van der Waals surface area contributed by atoms with Gasteiger partial charge in [0.15, 0.2) is 5.01 Å². The van der Waals surface area contributed by atoms with E-state index in [-0.39, 0.29) is 35.8 Å². The maximum atomic E-state index is 14.1. The summed E-state index contributed by atoms with van der Waals surface area (Å²) in [5, 5.41) is 12.4. The van der Waals surface area contributed by atoms with Crippen LogP contribution in [0, 0.1) is 12.8 Å². The lowest BCUT2D eigenvalue weighted by Gasteiger charge is -2.43. The van der Waals surface area contributed by atoms with Gasteiger partial charge in [0.05, 0.1) is 28.1 Å². The lowest BCUT2D eigenvalue weighted by molar-refractivity contribution is -0.142. The molecule has 0 saturated carbocycles. The highest BCUT2D eigenvalue weighted by atomic mass is 32.1. The molecule has 4 aromatic heterocycles. The average molecular weight is 653 g/mol. The lowest BCUT2D eigenvalue weighted by atomic mass is 9.79. The number of carbonyl (C=O) groups excluding carboxylic acids is 2. The second-order valence-corrected chi connectivity index (χ2v) is 13.6. The normalized spacial score (nSPS) is 19.6. The van der Waals surface area contributed by atoms with Crippen molar-refractivity contribution in [3.05, 3.63) is 94.3 Å². The Morgan fingerprint density at radius 3 is 2.53 bits per heavy atom. The lowest BCUT2D eigenvalue weighted by Crippen LogP contribution is -2.53. The molecule has 2 fully saturated rings. The van der Waals surface area contributed by atoms with Crippen molar-refractivity contribution in [2.24, 2.45) is 13.0 Å². The highest BCUT2D eigenvalue weighted by Crippen LogP contribution is 2.37.